The minimum Gasteiger partial charge on any atom is -0.348 e. The molecule has 6 heteroatoms. The van der Waals surface area contributed by atoms with Gasteiger partial charge in [0, 0.05) is 18.8 Å². The van der Waals surface area contributed by atoms with E-state index >= 15 is 0 Å². The molecule has 1 unspecified atom stereocenters. The van der Waals surface area contributed by atoms with Gasteiger partial charge in [0.2, 0.25) is 0 Å². The van der Waals surface area contributed by atoms with Gasteiger partial charge in [0.25, 0.3) is 11.6 Å². The zero-order valence-electron chi connectivity index (χ0n) is 12.4. The second-order valence-corrected chi connectivity index (χ2v) is 5.68. The van der Waals surface area contributed by atoms with Crippen molar-refractivity contribution in [3.63, 3.8) is 0 Å². The van der Waals surface area contributed by atoms with Gasteiger partial charge < -0.3 is 14.7 Å². The van der Waals surface area contributed by atoms with Crippen LogP contribution in [0.15, 0.2) is 16.8 Å². The van der Waals surface area contributed by atoms with E-state index in [1.165, 1.54) is 0 Å². The Balaban J connectivity index is 1.79. The smallest absolute Gasteiger partial charge is 0.257 e. The number of fused-ring (bicyclic) bond motifs is 1. The van der Waals surface area contributed by atoms with E-state index in [-0.39, 0.29) is 11.9 Å². The molecule has 0 aromatic carbocycles. The molecule has 6 nitrogen and oxygen atoms in total. The fraction of sp³-hybridized carbons (Fsp3) is 0.533. The Labute approximate surface area is 123 Å². The van der Waals surface area contributed by atoms with Crippen molar-refractivity contribution in [2.75, 3.05) is 20.1 Å². The van der Waals surface area contributed by atoms with Crippen molar-refractivity contribution in [1.29, 1.82) is 0 Å². The normalized spacial score (nSPS) is 19.2. The van der Waals surface area contributed by atoms with Gasteiger partial charge in [0.05, 0.1) is 16.6 Å². The molecule has 1 N–H and O–H groups in total. The summed E-state index contributed by atoms with van der Waals surface area (Å²) in [5.41, 5.74) is 1.93. The number of rotatable bonds is 4. The third-order valence-electron chi connectivity index (χ3n) is 3.88. The molecule has 1 saturated heterocycles. The molecule has 3 heterocycles. The lowest BCUT2D eigenvalue weighted by Crippen LogP contribution is -2.36. The van der Waals surface area contributed by atoms with Crippen molar-refractivity contribution < 1.29 is 9.32 Å². The summed E-state index contributed by atoms with van der Waals surface area (Å²) in [6, 6.07) is 2.05. The SMILES string of the molecule is CCCc1noc2ncc(C(=O)NC3CCN(C)C3)cc12. The zero-order valence-corrected chi connectivity index (χ0v) is 12.4. The monoisotopic (exact) mass is 288 g/mol. The molecule has 0 bridgehead atoms. The van der Waals surface area contributed by atoms with E-state index in [4.69, 9.17) is 4.52 Å². The van der Waals surface area contributed by atoms with Gasteiger partial charge in [-0.2, -0.15) is 0 Å². The van der Waals surface area contributed by atoms with Crippen molar-refractivity contribution in [1.82, 2.24) is 20.4 Å². The fourth-order valence-electron chi connectivity index (χ4n) is 2.74. The van der Waals surface area contributed by atoms with Gasteiger partial charge in [-0.25, -0.2) is 4.98 Å². The predicted molar refractivity (Wildman–Crippen MR) is 79.2 cm³/mol. The first-order chi connectivity index (χ1) is 10.2. The number of amides is 1. The molecule has 2 aromatic rings. The Hall–Kier alpha value is -1.95. The number of nitrogens with zero attached hydrogens (tertiary/aromatic N) is 3. The lowest BCUT2D eigenvalue weighted by atomic mass is 10.1. The van der Waals surface area contributed by atoms with E-state index in [2.05, 4.69) is 34.3 Å². The Kier molecular flexibility index (Phi) is 3.88. The average Bonchev–Trinajstić information content (AvgIpc) is 3.06. The highest BCUT2D eigenvalue weighted by molar-refractivity contribution is 5.97. The lowest BCUT2D eigenvalue weighted by Gasteiger charge is -2.12. The largest absolute Gasteiger partial charge is 0.348 e. The molecule has 21 heavy (non-hydrogen) atoms. The third kappa shape index (κ3) is 2.90. The number of carbonyl (C=O) groups excluding carboxylic acids is 1. The number of hydrogen-bond acceptors (Lipinski definition) is 5. The highest BCUT2D eigenvalue weighted by Gasteiger charge is 2.22. The molecule has 1 aliphatic heterocycles. The number of carbonyl (C=O) groups is 1. The first-order valence-electron chi connectivity index (χ1n) is 7.41. The van der Waals surface area contributed by atoms with Crippen LogP contribution in [0.2, 0.25) is 0 Å². The number of pyridine rings is 1. The van der Waals surface area contributed by atoms with Crippen LogP contribution in [0.5, 0.6) is 0 Å². The molecule has 0 radical (unpaired) electrons. The van der Waals surface area contributed by atoms with E-state index in [0.717, 1.165) is 43.4 Å². The number of hydrogen-bond donors (Lipinski definition) is 1. The summed E-state index contributed by atoms with van der Waals surface area (Å²) >= 11 is 0. The summed E-state index contributed by atoms with van der Waals surface area (Å²) in [6.45, 7) is 4.01. The van der Waals surface area contributed by atoms with Crippen LogP contribution in [0.1, 0.15) is 35.8 Å². The van der Waals surface area contributed by atoms with Crippen LogP contribution >= 0.6 is 0 Å². The summed E-state index contributed by atoms with van der Waals surface area (Å²) in [7, 11) is 2.06. The van der Waals surface area contributed by atoms with Gasteiger partial charge in [-0.05, 0) is 32.5 Å². The van der Waals surface area contributed by atoms with Crippen LogP contribution in [-0.2, 0) is 6.42 Å². The predicted octanol–water partition coefficient (Wildman–Crippen LogP) is 1.61. The number of aryl methyl sites for hydroxylation is 1. The Morgan fingerprint density at radius 2 is 2.43 bits per heavy atom. The molecular weight excluding hydrogens is 268 g/mol. The maximum absolute atomic E-state index is 12.3. The molecule has 0 spiro atoms. The summed E-state index contributed by atoms with van der Waals surface area (Å²) in [5.74, 6) is -0.0756. The Morgan fingerprint density at radius 3 is 3.14 bits per heavy atom. The van der Waals surface area contributed by atoms with E-state index in [1.54, 1.807) is 6.20 Å². The van der Waals surface area contributed by atoms with Crippen LogP contribution in [-0.4, -0.2) is 47.1 Å². The number of aromatic nitrogens is 2. The van der Waals surface area contributed by atoms with Crippen molar-refractivity contribution in [3.05, 3.63) is 23.5 Å². The molecule has 1 amide bonds. The molecular formula is C15H20N4O2. The fourth-order valence-corrected chi connectivity index (χ4v) is 2.74. The van der Waals surface area contributed by atoms with Gasteiger partial charge >= 0.3 is 0 Å². The third-order valence-corrected chi connectivity index (χ3v) is 3.88. The van der Waals surface area contributed by atoms with Gasteiger partial charge in [0.15, 0.2) is 0 Å². The van der Waals surface area contributed by atoms with Gasteiger partial charge in [-0.15, -0.1) is 0 Å². The molecule has 2 aromatic heterocycles. The molecule has 112 valence electrons. The first-order valence-corrected chi connectivity index (χ1v) is 7.41. The quantitative estimate of drug-likeness (QED) is 0.925. The number of likely N-dealkylation sites (N-methyl/N-ethyl adjacent to an activating group) is 1. The Morgan fingerprint density at radius 1 is 1.57 bits per heavy atom. The van der Waals surface area contributed by atoms with Crippen molar-refractivity contribution in [2.24, 2.45) is 0 Å². The number of nitrogens with one attached hydrogen (secondary N) is 1. The zero-order chi connectivity index (χ0) is 14.8. The summed E-state index contributed by atoms with van der Waals surface area (Å²) < 4.78 is 5.18. The van der Waals surface area contributed by atoms with E-state index in [0.29, 0.717) is 11.3 Å². The lowest BCUT2D eigenvalue weighted by molar-refractivity contribution is 0.0938. The summed E-state index contributed by atoms with van der Waals surface area (Å²) in [5, 5.41) is 7.93. The minimum absolute atomic E-state index is 0.0756. The van der Waals surface area contributed by atoms with Gasteiger partial charge in [-0.3, -0.25) is 4.79 Å². The van der Waals surface area contributed by atoms with Crippen LogP contribution in [0.25, 0.3) is 11.1 Å². The van der Waals surface area contributed by atoms with Crippen molar-refractivity contribution in [3.8, 4) is 0 Å². The van der Waals surface area contributed by atoms with Crippen molar-refractivity contribution >= 4 is 17.0 Å². The Bertz CT molecular complexity index is 652. The highest BCUT2D eigenvalue weighted by Crippen LogP contribution is 2.19. The topological polar surface area (TPSA) is 71.3 Å². The van der Waals surface area contributed by atoms with Crippen LogP contribution < -0.4 is 5.32 Å². The summed E-state index contributed by atoms with van der Waals surface area (Å²) in [4.78, 5) is 18.7. The second-order valence-electron chi connectivity index (χ2n) is 5.68. The molecule has 1 aliphatic rings. The maximum Gasteiger partial charge on any atom is 0.257 e. The minimum atomic E-state index is -0.0756. The van der Waals surface area contributed by atoms with Gasteiger partial charge in [-0.1, -0.05) is 18.5 Å². The van der Waals surface area contributed by atoms with Gasteiger partial charge in [0.1, 0.15) is 0 Å². The van der Waals surface area contributed by atoms with Crippen LogP contribution in [0, 0.1) is 0 Å². The molecule has 1 fully saturated rings. The van der Waals surface area contributed by atoms with E-state index < -0.39 is 0 Å². The van der Waals surface area contributed by atoms with E-state index in [1.807, 2.05) is 6.07 Å². The van der Waals surface area contributed by atoms with Crippen molar-refractivity contribution in [2.45, 2.75) is 32.2 Å². The molecule has 0 aliphatic carbocycles. The summed E-state index contributed by atoms with van der Waals surface area (Å²) in [6.07, 6.45) is 4.35. The van der Waals surface area contributed by atoms with E-state index in [9.17, 15) is 4.79 Å². The molecule has 0 saturated carbocycles. The van der Waals surface area contributed by atoms with Crippen LogP contribution in [0.4, 0.5) is 0 Å². The average molecular weight is 288 g/mol. The molecule has 3 rings (SSSR count). The van der Waals surface area contributed by atoms with Crippen LogP contribution in [0.3, 0.4) is 0 Å². The highest BCUT2D eigenvalue weighted by atomic mass is 16.5. The maximum atomic E-state index is 12.3. The number of likely N-dealkylation sites (tertiary alicyclic amines) is 1. The molecule has 1 atom stereocenters. The standard InChI is InChI=1S/C15H20N4O2/c1-3-4-13-12-7-10(8-16-15(12)21-18-13)14(20)17-11-5-6-19(2)9-11/h7-8,11H,3-6,9H2,1-2H3,(H,17,20). The second kappa shape index (κ2) is 5.81. The first kappa shape index (κ1) is 14.0.